The van der Waals surface area contributed by atoms with Crippen molar-refractivity contribution in [3.63, 3.8) is 0 Å². The Kier molecular flexibility index (Phi) is 3.77. The van der Waals surface area contributed by atoms with Crippen molar-refractivity contribution in [1.82, 2.24) is 15.4 Å². The number of rotatable bonds is 4. The van der Waals surface area contributed by atoms with Crippen molar-refractivity contribution in [2.75, 3.05) is 10.2 Å². The van der Waals surface area contributed by atoms with E-state index < -0.39 is 5.91 Å². The zero-order valence-electron chi connectivity index (χ0n) is 13.2. The van der Waals surface area contributed by atoms with Crippen molar-refractivity contribution in [2.24, 2.45) is 0 Å². The Hall–Kier alpha value is -3.82. The lowest BCUT2D eigenvalue weighted by Crippen LogP contribution is -2.28. The Morgan fingerprint density at radius 3 is 2.42 bits per heavy atom. The molecule has 0 aliphatic carbocycles. The Morgan fingerprint density at radius 1 is 1.04 bits per heavy atom. The monoisotopic (exact) mass is 353 g/mol. The Balaban J connectivity index is 1.47. The third-order valence-electron chi connectivity index (χ3n) is 3.73. The van der Waals surface area contributed by atoms with Crippen LogP contribution in [0.1, 0.15) is 23.2 Å². The van der Waals surface area contributed by atoms with Gasteiger partial charge in [0.05, 0.1) is 11.9 Å². The molecular weight excluding hydrogens is 342 g/mol. The first-order chi connectivity index (χ1) is 12.6. The van der Waals surface area contributed by atoms with Crippen LogP contribution in [0.4, 0.5) is 11.7 Å². The molecule has 3 amide bonds. The molecule has 3 aromatic rings. The number of aromatic nitrogens is 3. The number of carbonyl (C=O) groups excluding carboxylic acids is 3. The average molecular weight is 353 g/mol. The van der Waals surface area contributed by atoms with Crippen molar-refractivity contribution >= 4 is 29.4 Å². The van der Waals surface area contributed by atoms with Gasteiger partial charge < -0.3 is 8.94 Å². The lowest BCUT2D eigenvalue weighted by Gasteiger charge is -2.13. The molecule has 1 aromatic carbocycles. The fourth-order valence-corrected chi connectivity index (χ4v) is 2.50. The molecule has 0 bridgehead atoms. The molecule has 0 radical (unpaired) electrons. The van der Waals surface area contributed by atoms with Crippen molar-refractivity contribution in [1.29, 1.82) is 0 Å². The van der Waals surface area contributed by atoms with Gasteiger partial charge in [0.15, 0.2) is 0 Å². The number of imide groups is 1. The second kappa shape index (κ2) is 6.24. The van der Waals surface area contributed by atoms with Crippen LogP contribution in [0.5, 0.6) is 0 Å². The second-order valence-corrected chi connectivity index (χ2v) is 5.41. The summed E-state index contributed by atoms with van der Waals surface area (Å²) in [6.45, 7) is 0. The zero-order valence-corrected chi connectivity index (χ0v) is 13.2. The normalized spacial score (nSPS) is 14.1. The standard InChI is InChI=1S/C16H11N5O5/c22-12-5-6-13(23)21(12)10-3-1-9(2-4-10)14(24)18-16-20-19-15(25-16)11-7-8-17-26-11/h1-4,7-8H,5-6H2,(H,18,20,24). The van der Waals surface area contributed by atoms with E-state index in [0.29, 0.717) is 11.3 Å². The van der Waals surface area contributed by atoms with Crippen LogP contribution in [0.3, 0.4) is 0 Å². The number of hydrogen-bond acceptors (Lipinski definition) is 8. The molecule has 0 spiro atoms. The molecule has 4 rings (SSSR count). The second-order valence-electron chi connectivity index (χ2n) is 5.41. The summed E-state index contributed by atoms with van der Waals surface area (Å²) in [4.78, 5) is 36.8. The van der Waals surface area contributed by atoms with Crippen LogP contribution in [-0.4, -0.2) is 33.1 Å². The fourth-order valence-electron chi connectivity index (χ4n) is 2.50. The Morgan fingerprint density at radius 2 is 1.77 bits per heavy atom. The molecule has 3 heterocycles. The Labute approximate surface area is 145 Å². The largest absolute Gasteiger partial charge is 0.400 e. The van der Waals surface area contributed by atoms with Crippen molar-refractivity contribution in [2.45, 2.75) is 12.8 Å². The number of nitrogens with one attached hydrogen (secondary N) is 1. The van der Waals surface area contributed by atoms with E-state index in [4.69, 9.17) is 8.94 Å². The molecule has 1 aliphatic heterocycles. The third-order valence-corrected chi connectivity index (χ3v) is 3.73. The smallest absolute Gasteiger partial charge is 0.322 e. The van der Waals surface area contributed by atoms with Crippen molar-refractivity contribution in [3.05, 3.63) is 42.1 Å². The SMILES string of the molecule is O=C(Nc1nnc(-c2ccno2)o1)c1ccc(N2C(=O)CCC2=O)cc1. The predicted molar refractivity (Wildman–Crippen MR) is 85.9 cm³/mol. The average Bonchev–Trinajstić information content (AvgIpc) is 3.37. The first kappa shape index (κ1) is 15.7. The molecule has 0 unspecified atom stereocenters. The van der Waals surface area contributed by atoms with E-state index >= 15 is 0 Å². The lowest BCUT2D eigenvalue weighted by atomic mass is 10.2. The summed E-state index contributed by atoms with van der Waals surface area (Å²) in [5.74, 6) is -0.624. The Bertz CT molecular complexity index is 961. The van der Waals surface area contributed by atoms with Gasteiger partial charge in [0.1, 0.15) is 0 Å². The van der Waals surface area contributed by atoms with Crippen molar-refractivity contribution < 1.29 is 23.3 Å². The highest BCUT2D eigenvalue weighted by Crippen LogP contribution is 2.23. The van der Waals surface area contributed by atoms with E-state index in [9.17, 15) is 14.4 Å². The van der Waals surface area contributed by atoms with Crippen LogP contribution >= 0.6 is 0 Å². The number of amides is 3. The maximum absolute atomic E-state index is 12.2. The zero-order chi connectivity index (χ0) is 18.1. The highest BCUT2D eigenvalue weighted by molar-refractivity contribution is 6.20. The van der Waals surface area contributed by atoms with E-state index in [1.165, 1.54) is 30.5 Å². The highest BCUT2D eigenvalue weighted by atomic mass is 16.5. The summed E-state index contributed by atoms with van der Waals surface area (Å²) in [6, 6.07) is 7.50. The number of nitrogens with zero attached hydrogens (tertiary/aromatic N) is 4. The van der Waals surface area contributed by atoms with E-state index in [-0.39, 0.29) is 42.3 Å². The molecule has 1 aliphatic rings. The number of carbonyl (C=O) groups is 3. The summed E-state index contributed by atoms with van der Waals surface area (Å²) in [7, 11) is 0. The van der Waals surface area contributed by atoms with E-state index in [1.807, 2.05) is 0 Å². The van der Waals surface area contributed by atoms with E-state index in [0.717, 1.165) is 4.90 Å². The van der Waals surface area contributed by atoms with Gasteiger partial charge in [-0.25, -0.2) is 0 Å². The minimum atomic E-state index is -0.483. The van der Waals surface area contributed by atoms with Gasteiger partial charge in [0.25, 0.3) is 11.8 Å². The molecule has 10 heteroatoms. The van der Waals surface area contributed by atoms with Crippen LogP contribution in [0, 0.1) is 0 Å². The van der Waals surface area contributed by atoms with Gasteiger partial charge in [-0.1, -0.05) is 10.3 Å². The molecule has 1 N–H and O–H groups in total. The molecule has 0 saturated carbocycles. The lowest BCUT2D eigenvalue weighted by molar-refractivity contribution is -0.121. The van der Waals surface area contributed by atoms with Gasteiger partial charge in [-0.3, -0.25) is 24.6 Å². The van der Waals surface area contributed by atoms with Crippen LogP contribution in [-0.2, 0) is 9.59 Å². The molecule has 1 saturated heterocycles. The maximum atomic E-state index is 12.2. The predicted octanol–water partition coefficient (Wildman–Crippen LogP) is 1.63. The molecule has 26 heavy (non-hydrogen) atoms. The summed E-state index contributed by atoms with van der Waals surface area (Å²) in [6.07, 6.45) is 1.83. The fraction of sp³-hybridized carbons (Fsp3) is 0.125. The number of hydrogen-bond donors (Lipinski definition) is 1. The maximum Gasteiger partial charge on any atom is 0.322 e. The first-order valence-electron chi connectivity index (χ1n) is 7.63. The van der Waals surface area contributed by atoms with Gasteiger partial charge >= 0.3 is 6.01 Å². The van der Waals surface area contributed by atoms with Gasteiger partial charge in [0, 0.05) is 24.5 Å². The molecule has 10 nitrogen and oxygen atoms in total. The van der Waals surface area contributed by atoms with Gasteiger partial charge in [0.2, 0.25) is 17.6 Å². The minimum absolute atomic E-state index is 0.0826. The summed E-state index contributed by atoms with van der Waals surface area (Å²) in [5.41, 5.74) is 0.728. The van der Waals surface area contributed by atoms with E-state index in [1.54, 1.807) is 6.07 Å². The van der Waals surface area contributed by atoms with Gasteiger partial charge in [-0.15, -0.1) is 5.10 Å². The summed E-state index contributed by atoms with van der Waals surface area (Å²) in [5, 5.41) is 13.4. The molecule has 1 fully saturated rings. The highest BCUT2D eigenvalue weighted by Gasteiger charge is 2.30. The number of anilines is 2. The molecule has 0 atom stereocenters. The quantitative estimate of drug-likeness (QED) is 0.700. The summed E-state index contributed by atoms with van der Waals surface area (Å²) >= 11 is 0. The molecular formula is C16H11N5O5. The van der Waals surface area contributed by atoms with E-state index in [2.05, 4.69) is 20.7 Å². The van der Waals surface area contributed by atoms with Crippen LogP contribution < -0.4 is 10.2 Å². The van der Waals surface area contributed by atoms with Gasteiger partial charge in [-0.2, -0.15) is 0 Å². The van der Waals surface area contributed by atoms with Crippen LogP contribution in [0.25, 0.3) is 11.7 Å². The molecule has 2 aromatic heterocycles. The van der Waals surface area contributed by atoms with Crippen LogP contribution in [0.15, 0.2) is 45.5 Å². The third kappa shape index (κ3) is 2.83. The van der Waals surface area contributed by atoms with Crippen LogP contribution in [0.2, 0.25) is 0 Å². The van der Waals surface area contributed by atoms with Gasteiger partial charge in [-0.05, 0) is 24.3 Å². The number of benzene rings is 1. The molecule has 130 valence electrons. The summed E-state index contributed by atoms with van der Waals surface area (Å²) < 4.78 is 10.2. The van der Waals surface area contributed by atoms with Crippen molar-refractivity contribution in [3.8, 4) is 11.7 Å². The minimum Gasteiger partial charge on any atom is -0.400 e. The first-order valence-corrected chi connectivity index (χ1v) is 7.63. The topological polar surface area (TPSA) is 131 Å².